The zero-order valence-corrected chi connectivity index (χ0v) is 28.9. The molecular weight excluding hydrogens is 739 g/mol. The second-order valence-corrected chi connectivity index (χ2v) is 14.7. The van der Waals surface area contributed by atoms with Crippen molar-refractivity contribution >= 4 is 45.2 Å². The summed E-state index contributed by atoms with van der Waals surface area (Å²) < 4.78 is 97.3. The smallest absolute Gasteiger partial charge is 0.238 e. The lowest BCUT2D eigenvalue weighted by atomic mass is 9.70. The van der Waals surface area contributed by atoms with E-state index in [4.69, 9.17) is 13.1 Å². The van der Waals surface area contributed by atoms with E-state index in [2.05, 4.69) is 9.69 Å². The van der Waals surface area contributed by atoms with Gasteiger partial charge in [0, 0.05) is 41.8 Å². The molecule has 1 atom stereocenters. The molecule has 1 unspecified atom stereocenters. The average Bonchev–Trinajstić information content (AvgIpc) is 3.83. The molecule has 0 saturated carbocycles. The quantitative estimate of drug-likeness (QED) is 0.133. The van der Waals surface area contributed by atoms with Gasteiger partial charge in [-0.25, -0.2) is 9.69 Å². The predicted molar refractivity (Wildman–Crippen MR) is 195 cm³/mol. The molecule has 0 saturated heterocycles. The Bertz CT molecular complexity index is 2530. The Morgan fingerprint density at radius 2 is 0.870 bits per heavy atom. The summed E-state index contributed by atoms with van der Waals surface area (Å²) in [6, 6.07) is 31.1. The van der Waals surface area contributed by atoms with E-state index in [0.717, 1.165) is 22.7 Å². The Labute approximate surface area is 312 Å². The van der Waals surface area contributed by atoms with Crippen LogP contribution in [0, 0.1) is 35.8 Å². The van der Waals surface area contributed by atoms with Crippen LogP contribution < -0.4 is 0 Å². The van der Waals surface area contributed by atoms with Crippen molar-refractivity contribution in [3.63, 3.8) is 0 Å². The molecule has 0 radical (unpaired) electrons. The minimum atomic E-state index is -5.80. The molecule has 0 bridgehead atoms. The van der Waals surface area contributed by atoms with Gasteiger partial charge in [0.15, 0.2) is 11.4 Å². The van der Waals surface area contributed by atoms with Crippen LogP contribution in [0.1, 0.15) is 43.1 Å². The predicted octanol–water partition coefficient (Wildman–Crippen LogP) is 12.5. The number of hydrogen-bond acceptors (Lipinski definition) is 4. The number of nitrogens with zero attached hydrogens (tertiary/aromatic N) is 4. The molecule has 6 aromatic rings. The van der Waals surface area contributed by atoms with Crippen molar-refractivity contribution in [3.8, 4) is 33.0 Å². The lowest BCUT2D eigenvalue weighted by Crippen LogP contribution is -2.49. The fraction of sp³-hybridized carbons (Fsp3) is 0.0952. The van der Waals surface area contributed by atoms with Gasteiger partial charge >= 0.3 is 17.8 Å². The fourth-order valence-corrected chi connectivity index (χ4v) is 10.1. The topological polar surface area (TPSA) is 56.3 Å². The number of fused-ring (bicyclic) bond motifs is 4. The van der Waals surface area contributed by atoms with Crippen LogP contribution >= 0.6 is 22.7 Å². The van der Waals surface area contributed by atoms with Crippen LogP contribution in [0.25, 0.3) is 41.7 Å². The average molecular weight is 757 g/mol. The Balaban J connectivity index is 1.59. The number of halogens is 6. The van der Waals surface area contributed by atoms with Crippen molar-refractivity contribution < 1.29 is 26.3 Å². The van der Waals surface area contributed by atoms with E-state index in [1.165, 1.54) is 60.7 Å². The maximum atomic E-state index is 16.5. The van der Waals surface area contributed by atoms with Crippen molar-refractivity contribution in [2.75, 3.05) is 0 Å². The molecule has 260 valence electrons. The van der Waals surface area contributed by atoms with Gasteiger partial charge in [-0.05, 0) is 58.7 Å². The second kappa shape index (κ2) is 12.0. The molecule has 2 heterocycles. The monoisotopic (exact) mass is 756 g/mol. The molecule has 0 fully saturated rings. The van der Waals surface area contributed by atoms with Gasteiger partial charge in [0.25, 0.3) is 0 Å². The van der Waals surface area contributed by atoms with Gasteiger partial charge in [0.2, 0.25) is 0 Å². The summed E-state index contributed by atoms with van der Waals surface area (Å²) in [4.78, 5) is 7.54. The van der Waals surface area contributed by atoms with Crippen LogP contribution in [0.5, 0.6) is 0 Å². The number of allylic oxidation sites excluding steroid dienone is 2. The van der Waals surface area contributed by atoms with Gasteiger partial charge < -0.3 is 0 Å². The normalized spacial score (nSPS) is 18.6. The lowest BCUT2D eigenvalue weighted by Gasteiger charge is -2.36. The minimum Gasteiger partial charge on any atom is -0.238 e. The summed E-state index contributed by atoms with van der Waals surface area (Å²) in [5, 5.41) is 19.1. The number of benzene rings is 4. The maximum absolute atomic E-state index is 16.5. The Morgan fingerprint density at radius 1 is 0.519 bits per heavy atom. The third kappa shape index (κ3) is 4.64. The third-order valence-electron chi connectivity index (χ3n) is 9.81. The molecule has 0 amide bonds. The van der Waals surface area contributed by atoms with Crippen molar-refractivity contribution in [1.82, 2.24) is 0 Å². The zero-order valence-electron chi connectivity index (χ0n) is 27.3. The summed E-state index contributed by atoms with van der Waals surface area (Å²) in [5.41, 5.74) is -3.05. The van der Waals surface area contributed by atoms with Crippen LogP contribution in [0.15, 0.2) is 109 Å². The highest BCUT2D eigenvalue weighted by molar-refractivity contribution is 7.18. The molecule has 2 aliphatic carbocycles. The van der Waals surface area contributed by atoms with E-state index >= 15 is 26.3 Å². The Hall–Kier alpha value is -6.44. The summed E-state index contributed by atoms with van der Waals surface area (Å²) in [7, 11) is 0. The van der Waals surface area contributed by atoms with Crippen LogP contribution in [0.3, 0.4) is 0 Å². The Morgan fingerprint density at radius 3 is 1.26 bits per heavy atom. The molecule has 0 aliphatic heterocycles. The summed E-state index contributed by atoms with van der Waals surface area (Å²) in [5.74, 6) is -16.5. The number of nitriles is 2. The minimum absolute atomic E-state index is 0.0401. The van der Waals surface area contributed by atoms with Gasteiger partial charge in [0.1, 0.15) is 0 Å². The van der Waals surface area contributed by atoms with Crippen LogP contribution in [0.2, 0.25) is 0 Å². The van der Waals surface area contributed by atoms with E-state index in [1.807, 2.05) is 12.1 Å². The SMILES string of the molecule is [C-]#[N+]c1ccc(-c2cc3c(s2)C(c2ccc(C#N)cc2)(c2ccc([N+]#[C-])cc2)c2sc(-c4ccc(C#N)cc4)cc2C2=C3C(F)(F)C(F)(F)C2(F)F)cc1. The van der Waals surface area contributed by atoms with Gasteiger partial charge in [0.05, 0.1) is 41.8 Å². The highest BCUT2D eigenvalue weighted by Gasteiger charge is 2.81. The molecular formula is C42H18F6N4S2. The van der Waals surface area contributed by atoms with Crippen LogP contribution in [-0.4, -0.2) is 17.8 Å². The zero-order chi connectivity index (χ0) is 38.2. The molecule has 12 heteroatoms. The first-order valence-corrected chi connectivity index (χ1v) is 17.6. The van der Waals surface area contributed by atoms with Crippen molar-refractivity contribution in [3.05, 3.63) is 175 Å². The second-order valence-electron chi connectivity index (χ2n) is 12.6. The molecule has 2 aliphatic rings. The fourth-order valence-electron chi connectivity index (χ4n) is 7.21. The molecule has 8 rings (SSSR count). The molecule has 0 spiro atoms. The van der Waals surface area contributed by atoms with Crippen LogP contribution in [0.4, 0.5) is 37.7 Å². The van der Waals surface area contributed by atoms with E-state index in [1.54, 1.807) is 48.5 Å². The summed E-state index contributed by atoms with van der Waals surface area (Å²) >= 11 is 1.93. The first-order valence-electron chi connectivity index (χ1n) is 16.0. The van der Waals surface area contributed by atoms with Gasteiger partial charge in [-0.1, -0.05) is 72.8 Å². The molecule has 4 aromatic carbocycles. The van der Waals surface area contributed by atoms with Crippen molar-refractivity contribution in [2.24, 2.45) is 0 Å². The largest absolute Gasteiger partial charge is 0.380 e. The standard InChI is InChI=1S/C42H18F6N4S2/c1-51-29-15-9-26(10-16-29)34-20-32-36-35(40(43,44)42(47,48)41(36,45)46)31-19-33(25-7-3-23(21-49)4-8-25)53-37(31)39(38(32)54-34,27-11-5-24(22-50)6-12-27)28-13-17-30(52-2)18-14-28/h3-20H. The van der Waals surface area contributed by atoms with Crippen LogP contribution in [-0.2, 0) is 5.41 Å². The highest BCUT2D eigenvalue weighted by atomic mass is 32.1. The summed E-state index contributed by atoms with van der Waals surface area (Å²) in [6.07, 6.45) is 0. The molecule has 54 heavy (non-hydrogen) atoms. The van der Waals surface area contributed by atoms with E-state index in [-0.39, 0.29) is 31.6 Å². The Kier molecular flexibility index (Phi) is 7.73. The summed E-state index contributed by atoms with van der Waals surface area (Å²) in [6.45, 7) is 14.9. The number of alkyl halides is 6. The number of hydrogen-bond donors (Lipinski definition) is 0. The third-order valence-corrected chi connectivity index (χ3v) is 12.4. The van der Waals surface area contributed by atoms with Gasteiger partial charge in [-0.2, -0.15) is 36.9 Å². The van der Waals surface area contributed by atoms with E-state index in [0.29, 0.717) is 32.7 Å². The number of thiophene rings is 2. The van der Waals surface area contributed by atoms with Crippen molar-refractivity contribution in [2.45, 2.75) is 23.2 Å². The van der Waals surface area contributed by atoms with E-state index in [9.17, 15) is 10.5 Å². The highest BCUT2D eigenvalue weighted by Crippen LogP contribution is 2.70. The van der Waals surface area contributed by atoms with Gasteiger partial charge in [-0.15, -0.1) is 22.7 Å². The first kappa shape index (κ1) is 34.6. The molecule has 2 aromatic heterocycles. The van der Waals surface area contributed by atoms with Crippen molar-refractivity contribution in [1.29, 1.82) is 10.5 Å². The van der Waals surface area contributed by atoms with E-state index < -0.39 is 45.5 Å². The number of rotatable bonds is 4. The molecule has 0 N–H and O–H groups in total. The lowest BCUT2D eigenvalue weighted by molar-refractivity contribution is -0.254. The first-order chi connectivity index (χ1) is 25.8. The maximum Gasteiger partial charge on any atom is 0.380 e. The van der Waals surface area contributed by atoms with Gasteiger partial charge in [-0.3, -0.25) is 0 Å². The molecule has 4 nitrogen and oxygen atoms in total.